The molecule has 8 heteroatoms. The highest BCUT2D eigenvalue weighted by molar-refractivity contribution is 6.32. The number of benzene rings is 1. The molecule has 0 fully saturated rings. The number of halogens is 3. The van der Waals surface area contributed by atoms with Gasteiger partial charge >= 0.3 is 0 Å². The van der Waals surface area contributed by atoms with E-state index >= 15 is 0 Å². The van der Waals surface area contributed by atoms with Crippen molar-refractivity contribution >= 4 is 17.3 Å². The van der Waals surface area contributed by atoms with Crippen LogP contribution in [-0.4, -0.2) is 16.3 Å². The average Bonchev–Trinajstić information content (AvgIpc) is 2.52. The predicted octanol–water partition coefficient (Wildman–Crippen LogP) is 3.27. The second kappa shape index (κ2) is 7.70. The zero-order valence-electron chi connectivity index (χ0n) is 12.0. The maximum absolute atomic E-state index is 13.7. The summed E-state index contributed by atoms with van der Waals surface area (Å²) >= 11 is 5.99. The van der Waals surface area contributed by atoms with Gasteiger partial charge in [0.05, 0.1) is 18.0 Å². The van der Waals surface area contributed by atoms with E-state index in [9.17, 15) is 13.6 Å². The Bertz CT molecular complexity index is 801. The number of aromatic nitrogens is 2. The molecule has 1 heterocycles. The summed E-state index contributed by atoms with van der Waals surface area (Å²) in [6.45, 7) is 0.525. The van der Waals surface area contributed by atoms with Gasteiger partial charge in [0.25, 0.3) is 5.56 Å². The Morgan fingerprint density at radius 3 is 2.83 bits per heavy atom. The molecule has 0 atom stereocenters. The van der Waals surface area contributed by atoms with Gasteiger partial charge in [-0.1, -0.05) is 11.6 Å². The highest BCUT2D eigenvalue weighted by atomic mass is 35.5. The molecule has 1 aromatic carbocycles. The van der Waals surface area contributed by atoms with Crippen LogP contribution in [-0.2, 0) is 0 Å². The molecule has 0 spiro atoms. The highest BCUT2D eigenvalue weighted by Gasteiger charge is 2.13. The molecule has 0 aliphatic rings. The van der Waals surface area contributed by atoms with Crippen molar-refractivity contribution in [2.45, 2.75) is 19.3 Å². The molecule has 5 nitrogen and oxygen atoms in total. The monoisotopic (exact) mass is 338 g/mol. The molecule has 0 radical (unpaired) electrons. The lowest BCUT2D eigenvalue weighted by molar-refractivity contribution is 0.570. The van der Waals surface area contributed by atoms with Crippen molar-refractivity contribution in [3.8, 4) is 11.8 Å². The highest BCUT2D eigenvalue weighted by Crippen LogP contribution is 2.18. The zero-order chi connectivity index (χ0) is 16.8. The number of hydrogen-bond acceptors (Lipinski definition) is 4. The van der Waals surface area contributed by atoms with E-state index in [1.54, 1.807) is 0 Å². The minimum absolute atomic E-state index is 0.135. The van der Waals surface area contributed by atoms with E-state index in [0.29, 0.717) is 24.7 Å². The van der Waals surface area contributed by atoms with E-state index in [1.807, 2.05) is 6.07 Å². The smallest absolute Gasteiger partial charge is 0.292 e. The summed E-state index contributed by atoms with van der Waals surface area (Å²) < 4.78 is 27.5. The molecule has 2 rings (SSSR count). The normalized spacial score (nSPS) is 10.3. The van der Waals surface area contributed by atoms with Crippen LogP contribution in [0.15, 0.2) is 29.2 Å². The van der Waals surface area contributed by atoms with Gasteiger partial charge in [-0.25, -0.2) is 8.78 Å². The molecule has 23 heavy (non-hydrogen) atoms. The lowest BCUT2D eigenvalue weighted by Crippen LogP contribution is -2.23. The van der Waals surface area contributed by atoms with Crippen LogP contribution in [0.4, 0.5) is 14.5 Å². The average molecular weight is 339 g/mol. The Hall–Kier alpha value is -2.46. The fraction of sp³-hybridized carbons (Fsp3) is 0.267. The first-order valence-electron chi connectivity index (χ1n) is 6.88. The zero-order valence-corrected chi connectivity index (χ0v) is 12.8. The SMILES string of the molecule is N#CCCCCNc1cnn(-c2ccc(F)cc2F)c(=O)c1Cl. The van der Waals surface area contributed by atoms with E-state index in [2.05, 4.69) is 10.4 Å². The third-order valence-corrected chi connectivity index (χ3v) is 3.45. The fourth-order valence-corrected chi connectivity index (χ4v) is 2.13. The Morgan fingerprint density at radius 2 is 2.13 bits per heavy atom. The van der Waals surface area contributed by atoms with Crippen molar-refractivity contribution in [2.24, 2.45) is 0 Å². The Morgan fingerprint density at radius 1 is 1.35 bits per heavy atom. The van der Waals surface area contributed by atoms with Gasteiger partial charge in [0.15, 0.2) is 5.82 Å². The quantitative estimate of drug-likeness (QED) is 0.821. The molecule has 0 aliphatic heterocycles. The summed E-state index contributed by atoms with van der Waals surface area (Å²) in [5, 5.41) is 15.1. The number of anilines is 1. The van der Waals surface area contributed by atoms with Crippen LogP contribution >= 0.6 is 11.6 Å². The minimum Gasteiger partial charge on any atom is -0.382 e. The Balaban J connectivity index is 2.21. The van der Waals surface area contributed by atoms with Gasteiger partial charge in [0, 0.05) is 19.0 Å². The summed E-state index contributed by atoms with van der Waals surface area (Å²) in [5.41, 5.74) is -0.564. The summed E-state index contributed by atoms with van der Waals surface area (Å²) in [4.78, 5) is 12.2. The molecule has 0 saturated heterocycles. The lowest BCUT2D eigenvalue weighted by atomic mass is 10.2. The maximum atomic E-state index is 13.7. The molecule has 0 saturated carbocycles. The Labute approximate surface area is 136 Å². The topological polar surface area (TPSA) is 70.7 Å². The maximum Gasteiger partial charge on any atom is 0.292 e. The molecular formula is C15H13ClF2N4O. The number of nitrogens with one attached hydrogen (secondary N) is 1. The largest absolute Gasteiger partial charge is 0.382 e. The molecule has 0 unspecified atom stereocenters. The van der Waals surface area contributed by atoms with Crippen LogP contribution < -0.4 is 10.9 Å². The van der Waals surface area contributed by atoms with Crippen LogP contribution in [0.2, 0.25) is 5.02 Å². The first kappa shape index (κ1) is 16.9. The molecule has 120 valence electrons. The number of rotatable bonds is 6. The van der Waals surface area contributed by atoms with Crippen molar-refractivity contribution in [3.63, 3.8) is 0 Å². The van der Waals surface area contributed by atoms with E-state index in [4.69, 9.17) is 16.9 Å². The van der Waals surface area contributed by atoms with Crippen molar-refractivity contribution < 1.29 is 8.78 Å². The van der Waals surface area contributed by atoms with Crippen LogP contribution in [0.5, 0.6) is 0 Å². The number of nitrogens with zero attached hydrogens (tertiary/aromatic N) is 3. The predicted molar refractivity (Wildman–Crippen MR) is 82.7 cm³/mol. The standard InChI is InChI=1S/C15H13ClF2N4O/c16-14-12(20-7-3-1-2-6-19)9-21-22(15(14)23)13-5-4-10(17)8-11(13)18/h4-5,8-9,20H,1-3,7H2. The molecular weight excluding hydrogens is 326 g/mol. The number of nitriles is 1. The summed E-state index contributed by atoms with van der Waals surface area (Å²) in [7, 11) is 0. The van der Waals surface area contributed by atoms with Crippen LogP contribution in [0, 0.1) is 23.0 Å². The molecule has 0 aliphatic carbocycles. The van der Waals surface area contributed by atoms with Gasteiger partial charge in [0.1, 0.15) is 16.5 Å². The first-order chi connectivity index (χ1) is 11.0. The van der Waals surface area contributed by atoms with Crippen molar-refractivity contribution in [2.75, 3.05) is 11.9 Å². The molecule has 0 amide bonds. The molecule has 2 aromatic rings. The van der Waals surface area contributed by atoms with Crippen molar-refractivity contribution in [1.82, 2.24) is 9.78 Å². The number of unbranched alkanes of at least 4 members (excludes halogenated alkanes) is 2. The van der Waals surface area contributed by atoms with E-state index in [1.165, 1.54) is 6.20 Å². The third-order valence-electron chi connectivity index (χ3n) is 3.09. The second-order valence-corrected chi connectivity index (χ2v) is 5.10. The van der Waals surface area contributed by atoms with Crippen LogP contribution in [0.1, 0.15) is 19.3 Å². The minimum atomic E-state index is -0.909. The lowest BCUT2D eigenvalue weighted by Gasteiger charge is -2.10. The fourth-order valence-electron chi connectivity index (χ4n) is 1.93. The third kappa shape index (κ3) is 4.05. The van der Waals surface area contributed by atoms with Gasteiger partial charge in [0.2, 0.25) is 0 Å². The van der Waals surface area contributed by atoms with E-state index in [-0.39, 0.29) is 10.7 Å². The van der Waals surface area contributed by atoms with E-state index < -0.39 is 17.2 Å². The summed E-state index contributed by atoms with van der Waals surface area (Å²) in [5.74, 6) is -1.66. The summed E-state index contributed by atoms with van der Waals surface area (Å²) in [6, 6.07) is 4.85. The number of hydrogen-bond donors (Lipinski definition) is 1. The second-order valence-electron chi connectivity index (χ2n) is 4.73. The van der Waals surface area contributed by atoms with Gasteiger partial charge in [-0.3, -0.25) is 4.79 Å². The van der Waals surface area contributed by atoms with Gasteiger partial charge in [-0.05, 0) is 25.0 Å². The first-order valence-corrected chi connectivity index (χ1v) is 7.26. The van der Waals surface area contributed by atoms with Crippen molar-refractivity contribution in [1.29, 1.82) is 5.26 Å². The van der Waals surface area contributed by atoms with Crippen LogP contribution in [0.25, 0.3) is 5.69 Å². The molecule has 0 bridgehead atoms. The van der Waals surface area contributed by atoms with Gasteiger partial charge < -0.3 is 5.32 Å². The molecule has 1 aromatic heterocycles. The van der Waals surface area contributed by atoms with Crippen molar-refractivity contribution in [3.05, 3.63) is 51.4 Å². The van der Waals surface area contributed by atoms with Crippen LogP contribution in [0.3, 0.4) is 0 Å². The van der Waals surface area contributed by atoms with E-state index in [0.717, 1.165) is 29.7 Å². The van der Waals surface area contributed by atoms with Gasteiger partial charge in [-0.15, -0.1) is 0 Å². The molecule has 1 N–H and O–H groups in total. The summed E-state index contributed by atoms with van der Waals surface area (Å²) in [6.07, 6.45) is 3.22. The van der Waals surface area contributed by atoms with Gasteiger partial charge in [-0.2, -0.15) is 15.0 Å². The Kier molecular flexibility index (Phi) is 5.66.